The van der Waals surface area contributed by atoms with Gasteiger partial charge in [0.15, 0.2) is 0 Å². The fourth-order valence-electron chi connectivity index (χ4n) is 2.09. The number of nitrogens with one attached hydrogen (secondary N) is 2. The van der Waals surface area contributed by atoms with Gasteiger partial charge in [-0.05, 0) is 29.8 Å². The summed E-state index contributed by atoms with van der Waals surface area (Å²) >= 11 is 0. The zero-order valence-electron chi connectivity index (χ0n) is 12.6. The van der Waals surface area contributed by atoms with Gasteiger partial charge in [-0.1, -0.05) is 18.2 Å². The highest BCUT2D eigenvalue weighted by atomic mass is 19.1. The smallest absolute Gasteiger partial charge is 0.224 e. The van der Waals surface area contributed by atoms with Crippen LogP contribution in [0.1, 0.15) is 5.56 Å². The van der Waals surface area contributed by atoms with Gasteiger partial charge in [0, 0.05) is 25.9 Å². The molecule has 2 aromatic heterocycles. The summed E-state index contributed by atoms with van der Waals surface area (Å²) in [6.07, 6.45) is 1.72. The van der Waals surface area contributed by atoms with Gasteiger partial charge in [0.1, 0.15) is 11.6 Å². The quantitative estimate of drug-likeness (QED) is 0.757. The zero-order valence-corrected chi connectivity index (χ0v) is 12.6. The molecule has 2 N–H and O–H groups in total. The number of hydrogen-bond acceptors (Lipinski definition) is 5. The van der Waals surface area contributed by atoms with Gasteiger partial charge in [0.2, 0.25) is 5.95 Å². The van der Waals surface area contributed by atoms with Gasteiger partial charge in [0.05, 0.1) is 11.4 Å². The summed E-state index contributed by atoms with van der Waals surface area (Å²) in [6, 6.07) is 13.9. The van der Waals surface area contributed by atoms with E-state index in [1.54, 1.807) is 25.4 Å². The van der Waals surface area contributed by atoms with Crippen LogP contribution in [0.2, 0.25) is 0 Å². The molecule has 0 amide bonds. The Morgan fingerprint density at radius 3 is 2.52 bits per heavy atom. The van der Waals surface area contributed by atoms with Gasteiger partial charge in [-0.3, -0.25) is 4.98 Å². The van der Waals surface area contributed by atoms with Crippen molar-refractivity contribution in [2.24, 2.45) is 0 Å². The molecule has 2 heterocycles. The molecule has 0 aliphatic rings. The van der Waals surface area contributed by atoms with E-state index >= 15 is 0 Å². The Labute approximate surface area is 133 Å². The first kappa shape index (κ1) is 14.9. The molecule has 0 saturated carbocycles. The van der Waals surface area contributed by atoms with Crippen LogP contribution in [0.25, 0.3) is 11.4 Å². The SMILES string of the molecule is CNc1nc(NCc2ccc(F)cc2)cc(-c2ccccn2)n1. The standard InChI is InChI=1S/C17H16FN5/c1-19-17-22-15(14-4-2-3-9-20-14)10-16(23-17)21-11-12-5-7-13(18)8-6-12/h2-10H,11H2,1H3,(H2,19,21,22,23). The van der Waals surface area contributed by atoms with Gasteiger partial charge < -0.3 is 10.6 Å². The van der Waals surface area contributed by atoms with Crippen LogP contribution in [-0.2, 0) is 6.54 Å². The summed E-state index contributed by atoms with van der Waals surface area (Å²) in [4.78, 5) is 13.1. The summed E-state index contributed by atoms with van der Waals surface area (Å²) in [5.41, 5.74) is 2.47. The van der Waals surface area contributed by atoms with Gasteiger partial charge in [0.25, 0.3) is 0 Å². The largest absolute Gasteiger partial charge is 0.366 e. The van der Waals surface area contributed by atoms with Gasteiger partial charge in [-0.15, -0.1) is 0 Å². The first-order valence-corrected chi connectivity index (χ1v) is 7.21. The Kier molecular flexibility index (Phi) is 4.42. The Hall–Kier alpha value is -3.02. The van der Waals surface area contributed by atoms with Crippen LogP contribution in [0.4, 0.5) is 16.2 Å². The minimum Gasteiger partial charge on any atom is -0.366 e. The third-order valence-corrected chi connectivity index (χ3v) is 3.26. The van der Waals surface area contributed by atoms with Crippen molar-refractivity contribution in [3.8, 4) is 11.4 Å². The average Bonchev–Trinajstić information content (AvgIpc) is 2.61. The third-order valence-electron chi connectivity index (χ3n) is 3.26. The lowest BCUT2D eigenvalue weighted by atomic mass is 10.2. The number of pyridine rings is 1. The van der Waals surface area contributed by atoms with Crippen LogP contribution < -0.4 is 10.6 Å². The van der Waals surface area contributed by atoms with E-state index in [1.807, 2.05) is 24.3 Å². The highest BCUT2D eigenvalue weighted by Crippen LogP contribution is 2.19. The normalized spacial score (nSPS) is 10.3. The molecule has 6 heteroatoms. The molecule has 0 spiro atoms. The molecule has 0 fully saturated rings. The second-order valence-electron chi connectivity index (χ2n) is 4.91. The van der Waals surface area contributed by atoms with Crippen LogP contribution in [0.5, 0.6) is 0 Å². The Bertz CT molecular complexity index is 775. The molecule has 0 saturated heterocycles. The minimum atomic E-state index is -0.245. The van der Waals surface area contributed by atoms with Gasteiger partial charge >= 0.3 is 0 Å². The summed E-state index contributed by atoms with van der Waals surface area (Å²) in [7, 11) is 1.77. The van der Waals surface area contributed by atoms with Crippen molar-refractivity contribution in [3.63, 3.8) is 0 Å². The van der Waals surface area contributed by atoms with Crippen molar-refractivity contribution in [1.82, 2.24) is 15.0 Å². The van der Waals surface area contributed by atoms with Crippen LogP contribution in [0.15, 0.2) is 54.7 Å². The number of benzene rings is 1. The van der Waals surface area contributed by atoms with Gasteiger partial charge in [-0.25, -0.2) is 9.37 Å². The summed E-state index contributed by atoms with van der Waals surface area (Å²) in [5.74, 6) is 0.940. The lowest BCUT2D eigenvalue weighted by Gasteiger charge is -2.09. The fraction of sp³-hybridized carbons (Fsp3) is 0.118. The number of halogens is 1. The minimum absolute atomic E-state index is 0.245. The Balaban J connectivity index is 1.82. The molecule has 116 valence electrons. The first-order valence-electron chi connectivity index (χ1n) is 7.21. The molecule has 3 aromatic rings. The highest BCUT2D eigenvalue weighted by molar-refractivity contribution is 5.60. The average molecular weight is 309 g/mol. The number of aromatic nitrogens is 3. The molecule has 0 atom stereocenters. The van der Waals surface area contributed by atoms with E-state index in [9.17, 15) is 4.39 Å². The monoisotopic (exact) mass is 309 g/mol. The molecule has 0 unspecified atom stereocenters. The number of hydrogen-bond donors (Lipinski definition) is 2. The lowest BCUT2D eigenvalue weighted by molar-refractivity contribution is 0.627. The Morgan fingerprint density at radius 2 is 1.83 bits per heavy atom. The molecule has 5 nitrogen and oxygen atoms in total. The second kappa shape index (κ2) is 6.83. The predicted octanol–water partition coefficient (Wildman–Crippen LogP) is 3.33. The fourth-order valence-corrected chi connectivity index (χ4v) is 2.09. The van der Waals surface area contributed by atoms with Crippen LogP contribution in [0.3, 0.4) is 0 Å². The van der Waals surface area contributed by atoms with E-state index in [4.69, 9.17) is 0 Å². The molecule has 0 aliphatic carbocycles. The highest BCUT2D eigenvalue weighted by Gasteiger charge is 2.07. The first-order chi connectivity index (χ1) is 11.2. The van der Waals surface area contributed by atoms with E-state index in [-0.39, 0.29) is 5.82 Å². The third kappa shape index (κ3) is 3.79. The summed E-state index contributed by atoms with van der Waals surface area (Å²) in [5, 5.41) is 6.17. The Morgan fingerprint density at radius 1 is 1.00 bits per heavy atom. The number of nitrogens with zero attached hydrogens (tertiary/aromatic N) is 3. The van der Waals surface area contributed by atoms with Crippen LogP contribution in [0, 0.1) is 5.82 Å². The molecular weight excluding hydrogens is 293 g/mol. The van der Waals surface area contributed by atoms with Crippen LogP contribution >= 0.6 is 0 Å². The molecule has 1 aromatic carbocycles. The summed E-state index contributed by atoms with van der Waals surface area (Å²) < 4.78 is 12.9. The summed E-state index contributed by atoms with van der Waals surface area (Å²) in [6.45, 7) is 0.544. The lowest BCUT2D eigenvalue weighted by Crippen LogP contribution is -2.05. The second-order valence-corrected chi connectivity index (χ2v) is 4.91. The van der Waals surface area contributed by atoms with E-state index in [0.29, 0.717) is 18.3 Å². The molecule has 3 rings (SSSR count). The topological polar surface area (TPSA) is 62.7 Å². The van der Waals surface area contributed by atoms with Crippen molar-refractivity contribution < 1.29 is 4.39 Å². The molecular formula is C17H16FN5. The molecule has 23 heavy (non-hydrogen) atoms. The van der Waals surface area contributed by atoms with Crippen molar-refractivity contribution >= 4 is 11.8 Å². The maximum absolute atomic E-state index is 12.9. The van der Waals surface area contributed by atoms with Crippen molar-refractivity contribution in [3.05, 3.63) is 66.1 Å². The van der Waals surface area contributed by atoms with Crippen molar-refractivity contribution in [2.45, 2.75) is 6.54 Å². The molecule has 0 radical (unpaired) electrons. The van der Waals surface area contributed by atoms with E-state index < -0.39 is 0 Å². The maximum atomic E-state index is 12.9. The number of anilines is 2. The van der Waals surface area contributed by atoms with E-state index in [1.165, 1.54) is 12.1 Å². The number of rotatable bonds is 5. The predicted molar refractivity (Wildman–Crippen MR) is 88.5 cm³/mol. The molecule has 0 aliphatic heterocycles. The van der Waals surface area contributed by atoms with Gasteiger partial charge in [-0.2, -0.15) is 4.98 Å². The maximum Gasteiger partial charge on any atom is 0.224 e. The van der Waals surface area contributed by atoms with Crippen molar-refractivity contribution in [2.75, 3.05) is 17.7 Å². The van der Waals surface area contributed by atoms with Crippen molar-refractivity contribution in [1.29, 1.82) is 0 Å². The van der Waals surface area contributed by atoms with E-state index in [0.717, 1.165) is 17.0 Å². The zero-order chi connectivity index (χ0) is 16.1. The van der Waals surface area contributed by atoms with E-state index in [2.05, 4.69) is 25.6 Å². The molecule has 0 bridgehead atoms. The van der Waals surface area contributed by atoms with Crippen LogP contribution in [-0.4, -0.2) is 22.0 Å².